The van der Waals surface area contributed by atoms with E-state index >= 15 is 0 Å². The van der Waals surface area contributed by atoms with E-state index in [1.54, 1.807) is 24.3 Å². The molecule has 0 bridgehead atoms. The molecular weight excluding hydrogens is 183 g/mol. The number of alkyl halides is 1. The standard InChI is InChI=1S/C10H9FN2O/c11-5-9-10(14-6-13-9)7-2-1-3-8(12)4-7/h1-4,6H,5,12H2. The van der Waals surface area contributed by atoms with Crippen molar-refractivity contribution >= 4 is 5.69 Å². The number of aromatic nitrogens is 1. The van der Waals surface area contributed by atoms with Crippen LogP contribution in [-0.4, -0.2) is 4.98 Å². The van der Waals surface area contributed by atoms with Crippen molar-refractivity contribution in [1.82, 2.24) is 4.98 Å². The van der Waals surface area contributed by atoms with Gasteiger partial charge in [0.05, 0.1) is 0 Å². The van der Waals surface area contributed by atoms with Crippen LogP contribution in [0.15, 0.2) is 35.1 Å². The molecule has 2 rings (SSSR count). The van der Waals surface area contributed by atoms with E-state index in [1.165, 1.54) is 6.39 Å². The Hall–Kier alpha value is -1.84. The van der Waals surface area contributed by atoms with Gasteiger partial charge in [0.1, 0.15) is 12.4 Å². The first kappa shape index (κ1) is 8.74. The van der Waals surface area contributed by atoms with Crippen molar-refractivity contribution in [3.63, 3.8) is 0 Å². The van der Waals surface area contributed by atoms with Crippen LogP contribution in [0.2, 0.25) is 0 Å². The van der Waals surface area contributed by atoms with Crippen molar-refractivity contribution in [1.29, 1.82) is 0 Å². The zero-order valence-corrected chi connectivity index (χ0v) is 7.40. The number of nitrogen functional groups attached to an aromatic ring is 1. The quantitative estimate of drug-likeness (QED) is 0.743. The summed E-state index contributed by atoms with van der Waals surface area (Å²) >= 11 is 0. The summed E-state index contributed by atoms with van der Waals surface area (Å²) in [5.74, 6) is 0.444. The number of nitrogens with zero attached hydrogens (tertiary/aromatic N) is 1. The Morgan fingerprint density at radius 2 is 2.29 bits per heavy atom. The first-order chi connectivity index (χ1) is 6.81. The van der Waals surface area contributed by atoms with Gasteiger partial charge in [-0.15, -0.1) is 0 Å². The fourth-order valence-electron chi connectivity index (χ4n) is 1.28. The molecule has 4 heteroatoms. The largest absolute Gasteiger partial charge is 0.443 e. The SMILES string of the molecule is Nc1cccc(-c2ocnc2CF)c1. The predicted octanol–water partition coefficient (Wildman–Crippen LogP) is 2.39. The minimum Gasteiger partial charge on any atom is -0.443 e. The van der Waals surface area contributed by atoms with Gasteiger partial charge in [0.25, 0.3) is 0 Å². The topological polar surface area (TPSA) is 52.0 Å². The van der Waals surface area contributed by atoms with E-state index in [1.807, 2.05) is 0 Å². The number of nitrogens with two attached hydrogens (primary N) is 1. The number of benzene rings is 1. The molecule has 3 nitrogen and oxygen atoms in total. The van der Waals surface area contributed by atoms with Crippen molar-refractivity contribution in [3.05, 3.63) is 36.4 Å². The highest BCUT2D eigenvalue weighted by atomic mass is 19.1. The molecule has 0 spiro atoms. The number of hydrogen-bond acceptors (Lipinski definition) is 3. The van der Waals surface area contributed by atoms with Gasteiger partial charge in [0.15, 0.2) is 12.2 Å². The summed E-state index contributed by atoms with van der Waals surface area (Å²) in [7, 11) is 0. The van der Waals surface area contributed by atoms with Gasteiger partial charge in [0.2, 0.25) is 0 Å². The maximum absolute atomic E-state index is 12.5. The summed E-state index contributed by atoms with van der Waals surface area (Å²) in [6.07, 6.45) is 1.23. The number of anilines is 1. The van der Waals surface area contributed by atoms with Crippen LogP contribution in [0.4, 0.5) is 10.1 Å². The van der Waals surface area contributed by atoms with E-state index in [2.05, 4.69) is 4.98 Å². The summed E-state index contributed by atoms with van der Waals surface area (Å²) in [6.45, 7) is -0.638. The van der Waals surface area contributed by atoms with E-state index in [9.17, 15) is 4.39 Å². The second-order valence-electron chi connectivity index (χ2n) is 2.89. The molecule has 1 aromatic carbocycles. The lowest BCUT2D eigenvalue weighted by atomic mass is 10.1. The van der Waals surface area contributed by atoms with Crippen LogP contribution in [0.1, 0.15) is 5.69 Å². The highest BCUT2D eigenvalue weighted by Crippen LogP contribution is 2.24. The van der Waals surface area contributed by atoms with Crippen molar-refractivity contribution in [2.75, 3.05) is 5.73 Å². The third-order valence-electron chi connectivity index (χ3n) is 1.92. The minimum absolute atomic E-state index is 0.301. The van der Waals surface area contributed by atoms with Crippen LogP contribution >= 0.6 is 0 Å². The summed E-state index contributed by atoms with van der Waals surface area (Å²) in [4.78, 5) is 3.76. The molecule has 0 aliphatic heterocycles. The van der Waals surface area contributed by atoms with Gasteiger partial charge in [-0.3, -0.25) is 0 Å². The fraction of sp³-hybridized carbons (Fsp3) is 0.100. The van der Waals surface area contributed by atoms with Crippen LogP contribution in [0.25, 0.3) is 11.3 Å². The third-order valence-corrected chi connectivity index (χ3v) is 1.92. The smallest absolute Gasteiger partial charge is 0.181 e. The van der Waals surface area contributed by atoms with E-state index in [0.29, 0.717) is 17.1 Å². The van der Waals surface area contributed by atoms with Gasteiger partial charge < -0.3 is 10.2 Å². The van der Waals surface area contributed by atoms with Crippen molar-refractivity contribution < 1.29 is 8.81 Å². The molecule has 0 radical (unpaired) electrons. The van der Waals surface area contributed by atoms with Gasteiger partial charge in [-0.1, -0.05) is 12.1 Å². The van der Waals surface area contributed by atoms with Gasteiger partial charge in [0, 0.05) is 11.3 Å². The second kappa shape index (κ2) is 3.49. The maximum Gasteiger partial charge on any atom is 0.181 e. The molecule has 2 N–H and O–H groups in total. The molecule has 2 aromatic rings. The molecule has 0 unspecified atom stereocenters. The van der Waals surface area contributed by atoms with Gasteiger partial charge in [-0.05, 0) is 12.1 Å². The fourth-order valence-corrected chi connectivity index (χ4v) is 1.28. The zero-order chi connectivity index (χ0) is 9.97. The number of oxazole rings is 1. The van der Waals surface area contributed by atoms with Crippen molar-refractivity contribution in [2.24, 2.45) is 0 Å². The third kappa shape index (κ3) is 1.46. The molecule has 0 atom stereocenters. The van der Waals surface area contributed by atoms with E-state index in [4.69, 9.17) is 10.2 Å². The minimum atomic E-state index is -0.638. The Bertz CT molecular complexity index is 439. The Morgan fingerprint density at radius 3 is 3.00 bits per heavy atom. The number of hydrogen-bond donors (Lipinski definition) is 1. The molecule has 0 saturated heterocycles. The summed E-state index contributed by atoms with van der Waals surface area (Å²) in [5.41, 5.74) is 7.26. The average Bonchev–Trinajstić information content (AvgIpc) is 2.65. The molecular formula is C10H9FN2O. The average molecular weight is 192 g/mol. The monoisotopic (exact) mass is 192 g/mol. The molecule has 0 amide bonds. The predicted molar refractivity (Wildman–Crippen MR) is 51.2 cm³/mol. The first-order valence-electron chi connectivity index (χ1n) is 4.15. The van der Waals surface area contributed by atoms with Crippen LogP contribution in [0, 0.1) is 0 Å². The molecule has 0 aliphatic rings. The molecule has 0 fully saturated rings. The Labute approximate surface area is 80.4 Å². The first-order valence-corrected chi connectivity index (χ1v) is 4.15. The Balaban J connectivity index is 2.49. The molecule has 0 aliphatic carbocycles. The van der Waals surface area contributed by atoms with E-state index < -0.39 is 6.67 Å². The molecule has 1 heterocycles. The van der Waals surface area contributed by atoms with Crippen LogP contribution in [-0.2, 0) is 6.67 Å². The lowest BCUT2D eigenvalue weighted by Gasteiger charge is -1.99. The molecule has 14 heavy (non-hydrogen) atoms. The number of rotatable bonds is 2. The zero-order valence-electron chi connectivity index (χ0n) is 7.40. The molecule has 1 aromatic heterocycles. The van der Waals surface area contributed by atoms with Crippen molar-refractivity contribution in [3.8, 4) is 11.3 Å². The maximum atomic E-state index is 12.5. The summed E-state index contributed by atoms with van der Waals surface area (Å²) in [6, 6.07) is 7.07. The second-order valence-corrected chi connectivity index (χ2v) is 2.89. The highest BCUT2D eigenvalue weighted by molar-refractivity contribution is 5.64. The van der Waals surface area contributed by atoms with Crippen molar-refractivity contribution in [2.45, 2.75) is 6.67 Å². The van der Waals surface area contributed by atoms with Gasteiger partial charge in [-0.2, -0.15) is 0 Å². The Morgan fingerprint density at radius 1 is 1.43 bits per heavy atom. The normalized spacial score (nSPS) is 10.4. The summed E-state index contributed by atoms with van der Waals surface area (Å²) in [5, 5.41) is 0. The summed E-state index contributed by atoms with van der Waals surface area (Å²) < 4.78 is 17.5. The molecule has 72 valence electrons. The van der Waals surface area contributed by atoms with E-state index in [0.717, 1.165) is 5.56 Å². The van der Waals surface area contributed by atoms with Crippen LogP contribution < -0.4 is 5.73 Å². The van der Waals surface area contributed by atoms with Gasteiger partial charge >= 0.3 is 0 Å². The number of halogens is 1. The lowest BCUT2D eigenvalue weighted by Crippen LogP contribution is -1.87. The Kier molecular flexibility index (Phi) is 2.18. The van der Waals surface area contributed by atoms with E-state index in [-0.39, 0.29) is 0 Å². The van der Waals surface area contributed by atoms with Crippen LogP contribution in [0.5, 0.6) is 0 Å². The van der Waals surface area contributed by atoms with Gasteiger partial charge in [-0.25, -0.2) is 9.37 Å². The highest BCUT2D eigenvalue weighted by Gasteiger charge is 2.09. The molecule has 0 saturated carbocycles. The van der Waals surface area contributed by atoms with Crippen LogP contribution in [0.3, 0.4) is 0 Å². The lowest BCUT2D eigenvalue weighted by molar-refractivity contribution is 0.475.